The smallest absolute Gasteiger partial charge is 0.241 e. The van der Waals surface area contributed by atoms with Crippen molar-refractivity contribution in [2.24, 2.45) is 0 Å². The number of methoxy groups -OCH3 is 1. The van der Waals surface area contributed by atoms with Crippen molar-refractivity contribution in [2.75, 3.05) is 19.0 Å². The van der Waals surface area contributed by atoms with Crippen LogP contribution in [-0.4, -0.2) is 31.7 Å². The normalized spacial score (nSPS) is 13.9. The zero-order valence-electron chi connectivity index (χ0n) is 11.2. The van der Waals surface area contributed by atoms with E-state index in [9.17, 15) is 4.79 Å². The molecule has 0 saturated heterocycles. The van der Waals surface area contributed by atoms with Gasteiger partial charge in [-0.2, -0.15) is 0 Å². The molecule has 1 aromatic carbocycles. The van der Waals surface area contributed by atoms with Gasteiger partial charge < -0.3 is 15.4 Å². The molecule has 1 amide bonds. The highest BCUT2D eigenvalue weighted by atomic mass is 35.5. The lowest BCUT2D eigenvalue weighted by Crippen LogP contribution is -2.44. The number of ether oxygens (including phenoxy) is 1. The van der Waals surface area contributed by atoms with Crippen LogP contribution in [0.25, 0.3) is 0 Å². The van der Waals surface area contributed by atoms with E-state index in [2.05, 4.69) is 10.6 Å². The first-order chi connectivity index (χ1) is 8.93. The summed E-state index contributed by atoms with van der Waals surface area (Å²) in [5.74, 6) is -0.174. The molecule has 0 aliphatic heterocycles. The van der Waals surface area contributed by atoms with E-state index in [0.717, 1.165) is 0 Å². The van der Waals surface area contributed by atoms with Gasteiger partial charge in [-0.25, -0.2) is 0 Å². The standard InChI is InChI=1S/C13H18Cl2N2O2/c1-8(7-19-3)16-9(2)13(18)17-12-6-10(14)4-5-11(12)15/h4-6,8-9,16H,7H2,1-3H3,(H,17,18)/t8-,9+/m1/s1. The Hall–Kier alpha value is -0.810. The van der Waals surface area contributed by atoms with Gasteiger partial charge in [0, 0.05) is 18.2 Å². The number of hydrogen-bond acceptors (Lipinski definition) is 3. The maximum Gasteiger partial charge on any atom is 0.241 e. The third-order valence-electron chi connectivity index (χ3n) is 2.53. The molecule has 106 valence electrons. The van der Waals surface area contributed by atoms with Gasteiger partial charge in [0.2, 0.25) is 5.91 Å². The lowest BCUT2D eigenvalue weighted by Gasteiger charge is -2.19. The van der Waals surface area contributed by atoms with E-state index >= 15 is 0 Å². The summed E-state index contributed by atoms with van der Waals surface area (Å²) < 4.78 is 5.00. The van der Waals surface area contributed by atoms with E-state index in [-0.39, 0.29) is 18.0 Å². The molecular formula is C13H18Cl2N2O2. The Balaban J connectivity index is 2.61. The number of carbonyl (C=O) groups excluding carboxylic acids is 1. The molecule has 1 rings (SSSR count). The summed E-state index contributed by atoms with van der Waals surface area (Å²) in [5.41, 5.74) is 0.507. The molecule has 0 unspecified atom stereocenters. The fraction of sp³-hybridized carbons (Fsp3) is 0.462. The first-order valence-corrected chi connectivity index (χ1v) is 6.70. The van der Waals surface area contributed by atoms with Crippen LogP contribution in [0.2, 0.25) is 10.0 Å². The number of hydrogen-bond donors (Lipinski definition) is 2. The molecule has 0 aromatic heterocycles. The summed E-state index contributed by atoms with van der Waals surface area (Å²) >= 11 is 11.8. The van der Waals surface area contributed by atoms with E-state index in [1.54, 1.807) is 32.2 Å². The molecule has 0 heterocycles. The fourth-order valence-electron chi connectivity index (χ4n) is 1.63. The molecule has 2 atom stereocenters. The predicted octanol–water partition coefficient (Wildman–Crippen LogP) is 2.94. The number of carbonyl (C=O) groups is 1. The Labute approximate surface area is 123 Å². The van der Waals surface area contributed by atoms with Crippen LogP contribution >= 0.6 is 23.2 Å². The molecule has 4 nitrogen and oxygen atoms in total. The maximum absolute atomic E-state index is 12.0. The van der Waals surface area contributed by atoms with Crippen molar-refractivity contribution in [3.05, 3.63) is 28.2 Å². The average Bonchev–Trinajstić information content (AvgIpc) is 2.34. The average molecular weight is 305 g/mol. The molecule has 1 aromatic rings. The molecule has 0 bridgehead atoms. The zero-order chi connectivity index (χ0) is 14.4. The van der Waals surface area contributed by atoms with Crippen molar-refractivity contribution in [3.8, 4) is 0 Å². The van der Waals surface area contributed by atoms with Crippen molar-refractivity contribution in [1.82, 2.24) is 5.32 Å². The topological polar surface area (TPSA) is 50.4 Å². The number of rotatable bonds is 6. The van der Waals surface area contributed by atoms with Gasteiger partial charge in [-0.3, -0.25) is 4.79 Å². The summed E-state index contributed by atoms with van der Waals surface area (Å²) in [4.78, 5) is 12.0. The van der Waals surface area contributed by atoms with Crippen LogP contribution in [0.15, 0.2) is 18.2 Å². The van der Waals surface area contributed by atoms with Gasteiger partial charge in [0.15, 0.2) is 0 Å². The summed E-state index contributed by atoms with van der Waals surface area (Å²) in [7, 11) is 1.62. The second-order valence-electron chi connectivity index (χ2n) is 4.36. The van der Waals surface area contributed by atoms with Crippen LogP contribution in [-0.2, 0) is 9.53 Å². The molecule has 0 aliphatic carbocycles. The van der Waals surface area contributed by atoms with E-state index in [0.29, 0.717) is 22.3 Å². The van der Waals surface area contributed by atoms with Crippen molar-refractivity contribution in [3.63, 3.8) is 0 Å². The molecule has 2 N–H and O–H groups in total. The van der Waals surface area contributed by atoms with Gasteiger partial charge in [0.1, 0.15) is 0 Å². The highest BCUT2D eigenvalue weighted by Gasteiger charge is 2.16. The number of nitrogens with one attached hydrogen (secondary N) is 2. The first-order valence-electron chi connectivity index (χ1n) is 5.95. The van der Waals surface area contributed by atoms with E-state index < -0.39 is 0 Å². The summed E-state index contributed by atoms with van der Waals surface area (Å²) in [5, 5.41) is 6.84. The molecule has 0 radical (unpaired) electrons. The van der Waals surface area contributed by atoms with Gasteiger partial charge >= 0.3 is 0 Å². The van der Waals surface area contributed by atoms with Gasteiger partial charge in [-0.1, -0.05) is 23.2 Å². The van der Waals surface area contributed by atoms with Crippen LogP contribution in [0.1, 0.15) is 13.8 Å². The minimum absolute atomic E-state index is 0.0839. The lowest BCUT2D eigenvalue weighted by molar-refractivity contribution is -0.118. The molecule has 19 heavy (non-hydrogen) atoms. The second-order valence-corrected chi connectivity index (χ2v) is 5.20. The van der Waals surface area contributed by atoms with Crippen LogP contribution in [0.5, 0.6) is 0 Å². The quantitative estimate of drug-likeness (QED) is 0.849. The molecule has 0 saturated carbocycles. The van der Waals surface area contributed by atoms with Crippen molar-refractivity contribution in [1.29, 1.82) is 0 Å². The largest absolute Gasteiger partial charge is 0.383 e. The van der Waals surface area contributed by atoms with Crippen molar-refractivity contribution in [2.45, 2.75) is 25.9 Å². The summed E-state index contributed by atoms with van der Waals surface area (Å²) in [6.45, 7) is 4.26. The van der Waals surface area contributed by atoms with E-state index in [4.69, 9.17) is 27.9 Å². The van der Waals surface area contributed by atoms with Gasteiger partial charge in [0.25, 0.3) is 0 Å². The Morgan fingerprint density at radius 1 is 1.37 bits per heavy atom. The Morgan fingerprint density at radius 2 is 2.05 bits per heavy atom. The third-order valence-corrected chi connectivity index (χ3v) is 3.10. The van der Waals surface area contributed by atoms with Crippen LogP contribution in [0.4, 0.5) is 5.69 Å². The third kappa shape index (κ3) is 5.37. The van der Waals surface area contributed by atoms with Crippen LogP contribution < -0.4 is 10.6 Å². The summed E-state index contributed by atoms with van der Waals surface area (Å²) in [6.07, 6.45) is 0. The molecule has 0 aliphatic rings. The molecular weight excluding hydrogens is 287 g/mol. The number of anilines is 1. The number of benzene rings is 1. The van der Waals surface area contributed by atoms with Crippen molar-refractivity contribution < 1.29 is 9.53 Å². The lowest BCUT2D eigenvalue weighted by atomic mass is 10.2. The van der Waals surface area contributed by atoms with E-state index in [1.807, 2.05) is 6.92 Å². The fourth-order valence-corrected chi connectivity index (χ4v) is 1.97. The molecule has 6 heteroatoms. The predicted molar refractivity (Wildman–Crippen MR) is 79.0 cm³/mol. The Morgan fingerprint density at radius 3 is 2.68 bits per heavy atom. The van der Waals surface area contributed by atoms with E-state index in [1.165, 1.54) is 0 Å². The summed E-state index contributed by atoms with van der Waals surface area (Å²) in [6, 6.07) is 4.65. The monoisotopic (exact) mass is 304 g/mol. The Bertz CT molecular complexity index is 441. The highest BCUT2D eigenvalue weighted by molar-refractivity contribution is 6.35. The van der Waals surface area contributed by atoms with Crippen molar-refractivity contribution >= 4 is 34.8 Å². The SMILES string of the molecule is COC[C@@H](C)N[C@@H](C)C(=O)Nc1cc(Cl)ccc1Cl. The second kappa shape index (κ2) is 7.70. The number of halogens is 2. The Kier molecular flexibility index (Phi) is 6.58. The van der Waals surface area contributed by atoms with Crippen LogP contribution in [0.3, 0.4) is 0 Å². The minimum atomic E-state index is -0.361. The van der Waals surface area contributed by atoms with Gasteiger partial charge in [-0.15, -0.1) is 0 Å². The zero-order valence-corrected chi connectivity index (χ0v) is 12.7. The van der Waals surface area contributed by atoms with Crippen LogP contribution in [0, 0.1) is 0 Å². The first kappa shape index (κ1) is 16.2. The molecule has 0 spiro atoms. The van der Waals surface area contributed by atoms with Gasteiger partial charge in [-0.05, 0) is 32.0 Å². The highest BCUT2D eigenvalue weighted by Crippen LogP contribution is 2.25. The number of amides is 1. The molecule has 0 fully saturated rings. The minimum Gasteiger partial charge on any atom is -0.383 e. The maximum atomic E-state index is 12.0. The van der Waals surface area contributed by atoms with Gasteiger partial charge in [0.05, 0.1) is 23.4 Å².